The molecule has 2 aromatic carbocycles. The van der Waals surface area contributed by atoms with E-state index < -0.39 is 45.8 Å². The molecule has 0 heterocycles. The van der Waals surface area contributed by atoms with Gasteiger partial charge in [-0.05, 0) is 42.8 Å². The lowest BCUT2D eigenvalue weighted by molar-refractivity contribution is -0.137. The molecule has 0 aliphatic heterocycles. The minimum atomic E-state index is -4.55. The normalized spacial score (nSPS) is 12.1. The summed E-state index contributed by atoms with van der Waals surface area (Å²) < 4.78 is 95.9. The summed E-state index contributed by atoms with van der Waals surface area (Å²) in [6, 6.07) is 4.99. The van der Waals surface area contributed by atoms with Crippen molar-refractivity contribution in [1.82, 2.24) is 5.32 Å². The molecule has 0 saturated heterocycles. The van der Waals surface area contributed by atoms with Crippen LogP contribution < -0.4 is 14.8 Å². The van der Waals surface area contributed by atoms with Crippen LogP contribution in [-0.2, 0) is 34.2 Å². The van der Waals surface area contributed by atoms with Crippen molar-refractivity contribution in [2.24, 2.45) is 0 Å². The first kappa shape index (κ1) is 26.1. The Kier molecular flexibility index (Phi) is 8.42. The van der Waals surface area contributed by atoms with Gasteiger partial charge in [-0.3, -0.25) is 9.52 Å². The number of nitrogens with one attached hydrogen (secondary N) is 2. The summed E-state index contributed by atoms with van der Waals surface area (Å²) in [6.07, 6.45) is -1.45. The van der Waals surface area contributed by atoms with Crippen molar-refractivity contribution in [3.63, 3.8) is 0 Å². The van der Waals surface area contributed by atoms with Gasteiger partial charge < -0.3 is 10.1 Å². The van der Waals surface area contributed by atoms with Crippen LogP contribution in [0.3, 0.4) is 0 Å². The van der Waals surface area contributed by atoms with Crippen molar-refractivity contribution in [2.45, 2.75) is 26.3 Å². The molecule has 0 radical (unpaired) electrons. The third kappa shape index (κ3) is 7.74. The molecule has 2 aromatic rings. The molecule has 6 nitrogen and oxygen atoms in total. The van der Waals surface area contributed by atoms with E-state index in [9.17, 15) is 35.2 Å². The molecule has 2 rings (SSSR count). The van der Waals surface area contributed by atoms with Gasteiger partial charge >= 0.3 is 6.18 Å². The van der Waals surface area contributed by atoms with Crippen LogP contribution >= 0.6 is 0 Å². The number of carbonyl (C=O) groups is 1. The molecule has 0 spiro atoms. The van der Waals surface area contributed by atoms with Crippen molar-refractivity contribution in [3.05, 3.63) is 64.5 Å². The van der Waals surface area contributed by atoms with Gasteiger partial charge in [-0.25, -0.2) is 17.2 Å². The van der Waals surface area contributed by atoms with Gasteiger partial charge in [0.05, 0.1) is 24.1 Å². The first-order valence-electron chi connectivity index (χ1n) is 9.49. The van der Waals surface area contributed by atoms with Crippen LogP contribution in [0.5, 0.6) is 5.75 Å². The first-order valence-corrected chi connectivity index (χ1v) is 11.4. The fourth-order valence-corrected chi connectivity index (χ4v) is 3.37. The van der Waals surface area contributed by atoms with Gasteiger partial charge in [0, 0.05) is 23.7 Å². The van der Waals surface area contributed by atoms with Crippen LogP contribution in [0.15, 0.2) is 36.4 Å². The number of halogens is 5. The minimum Gasteiger partial charge on any atom is -0.493 e. The molecule has 12 heteroatoms. The van der Waals surface area contributed by atoms with E-state index in [1.807, 2.05) is 4.72 Å². The van der Waals surface area contributed by atoms with Crippen LogP contribution in [0.25, 0.3) is 6.08 Å². The molecule has 2 N–H and O–H groups in total. The first-order chi connectivity index (χ1) is 15.3. The highest BCUT2D eigenvalue weighted by molar-refractivity contribution is 7.92. The molecule has 0 saturated carbocycles. The summed E-state index contributed by atoms with van der Waals surface area (Å²) in [5.41, 5.74) is -1.24. The Balaban J connectivity index is 2.13. The van der Waals surface area contributed by atoms with Crippen LogP contribution in [0.2, 0.25) is 0 Å². The molecule has 0 aliphatic rings. The lowest BCUT2D eigenvalue weighted by Crippen LogP contribution is -2.21. The predicted octanol–water partition coefficient (Wildman–Crippen LogP) is 4.41. The van der Waals surface area contributed by atoms with Crippen molar-refractivity contribution < 1.29 is 39.9 Å². The molecule has 33 heavy (non-hydrogen) atoms. The number of carbonyl (C=O) groups excluding carboxylic acids is 1. The Morgan fingerprint density at radius 1 is 1.18 bits per heavy atom. The zero-order chi connectivity index (χ0) is 24.8. The lowest BCUT2D eigenvalue weighted by Gasteiger charge is -2.13. The number of rotatable bonds is 9. The molecular weight excluding hydrogens is 471 g/mol. The van der Waals surface area contributed by atoms with Gasteiger partial charge in [0.2, 0.25) is 15.9 Å². The summed E-state index contributed by atoms with van der Waals surface area (Å²) in [5, 5.41) is 2.43. The Bertz CT molecular complexity index is 1150. The van der Waals surface area contributed by atoms with Gasteiger partial charge in [0.25, 0.3) is 0 Å². The zero-order valence-electron chi connectivity index (χ0n) is 17.6. The standard InChI is InChI=1S/C21H21F5N2O4S/c1-3-32-18-10-16(21(24,25)26)6-4-14(18)5-7-19(29)27-12-13-8-15(11-22)20(17(23)9-13)28-33(2,30)31/h4-10,28H,3,11-12H2,1-2H3,(H,27,29)/b7-5+. The molecule has 0 atom stereocenters. The molecule has 0 unspecified atom stereocenters. The number of ether oxygens (including phenoxy) is 1. The Morgan fingerprint density at radius 2 is 1.88 bits per heavy atom. The second-order valence-corrected chi connectivity index (χ2v) is 8.60. The van der Waals surface area contributed by atoms with Crippen molar-refractivity contribution in [1.29, 1.82) is 0 Å². The van der Waals surface area contributed by atoms with Crippen LogP contribution in [0, 0.1) is 5.82 Å². The summed E-state index contributed by atoms with van der Waals surface area (Å²) in [6.45, 7) is 0.352. The monoisotopic (exact) mass is 492 g/mol. The quantitative estimate of drug-likeness (QED) is 0.401. The van der Waals surface area contributed by atoms with Gasteiger partial charge in [0.15, 0.2) is 0 Å². The predicted molar refractivity (Wildman–Crippen MR) is 113 cm³/mol. The van der Waals surface area contributed by atoms with Crippen LogP contribution in [0.1, 0.15) is 29.2 Å². The van der Waals surface area contributed by atoms with Crippen LogP contribution in [0.4, 0.5) is 27.6 Å². The largest absolute Gasteiger partial charge is 0.493 e. The van der Waals surface area contributed by atoms with E-state index in [0.29, 0.717) is 0 Å². The maximum atomic E-state index is 14.2. The Labute approximate surface area is 187 Å². The number of hydrogen-bond acceptors (Lipinski definition) is 4. The Hall–Kier alpha value is -3.15. The fourth-order valence-electron chi connectivity index (χ4n) is 2.78. The number of alkyl halides is 4. The van der Waals surface area contributed by atoms with E-state index in [1.54, 1.807) is 6.92 Å². The topological polar surface area (TPSA) is 84.5 Å². The molecule has 180 valence electrons. The van der Waals surface area contributed by atoms with E-state index in [-0.39, 0.29) is 35.6 Å². The highest BCUT2D eigenvalue weighted by atomic mass is 32.2. The smallest absolute Gasteiger partial charge is 0.416 e. The summed E-state index contributed by atoms with van der Waals surface area (Å²) in [4.78, 5) is 12.1. The highest BCUT2D eigenvalue weighted by Gasteiger charge is 2.31. The summed E-state index contributed by atoms with van der Waals surface area (Å²) in [5.74, 6) is -1.72. The average Bonchev–Trinajstić information content (AvgIpc) is 2.71. The van der Waals surface area contributed by atoms with E-state index in [4.69, 9.17) is 4.74 Å². The number of hydrogen-bond donors (Lipinski definition) is 2. The highest BCUT2D eigenvalue weighted by Crippen LogP contribution is 2.33. The summed E-state index contributed by atoms with van der Waals surface area (Å²) in [7, 11) is -3.83. The van der Waals surface area contributed by atoms with E-state index in [1.165, 1.54) is 12.1 Å². The number of benzene rings is 2. The molecule has 0 aromatic heterocycles. The van der Waals surface area contributed by atoms with Gasteiger partial charge in [0.1, 0.15) is 18.2 Å². The van der Waals surface area contributed by atoms with E-state index in [0.717, 1.165) is 36.6 Å². The molecule has 0 bridgehead atoms. The molecule has 1 amide bonds. The van der Waals surface area contributed by atoms with Gasteiger partial charge in [-0.2, -0.15) is 13.2 Å². The second-order valence-electron chi connectivity index (χ2n) is 6.85. The van der Waals surface area contributed by atoms with Crippen molar-refractivity contribution >= 4 is 27.7 Å². The molecular formula is C21H21F5N2O4S. The third-order valence-electron chi connectivity index (χ3n) is 4.18. The zero-order valence-corrected chi connectivity index (χ0v) is 18.4. The van der Waals surface area contributed by atoms with Crippen molar-refractivity contribution in [3.8, 4) is 5.75 Å². The maximum Gasteiger partial charge on any atom is 0.416 e. The lowest BCUT2D eigenvalue weighted by atomic mass is 10.1. The van der Waals surface area contributed by atoms with Gasteiger partial charge in [-0.1, -0.05) is 6.07 Å². The van der Waals surface area contributed by atoms with E-state index in [2.05, 4.69) is 5.32 Å². The SMILES string of the molecule is CCOc1cc(C(F)(F)F)ccc1/C=C/C(=O)NCc1cc(F)c(NS(C)(=O)=O)c(CF)c1. The van der Waals surface area contributed by atoms with E-state index >= 15 is 0 Å². The Morgan fingerprint density at radius 3 is 2.45 bits per heavy atom. The number of anilines is 1. The average molecular weight is 492 g/mol. The van der Waals surface area contributed by atoms with Crippen molar-refractivity contribution in [2.75, 3.05) is 17.6 Å². The summed E-state index contributed by atoms with van der Waals surface area (Å²) >= 11 is 0. The van der Waals surface area contributed by atoms with Crippen LogP contribution in [-0.4, -0.2) is 27.2 Å². The number of amides is 1. The third-order valence-corrected chi connectivity index (χ3v) is 4.76. The molecule has 0 aliphatic carbocycles. The fraction of sp³-hybridized carbons (Fsp3) is 0.286. The van der Waals surface area contributed by atoms with Gasteiger partial charge in [-0.15, -0.1) is 0 Å². The second kappa shape index (κ2) is 10.6. The maximum absolute atomic E-state index is 14.2. The number of sulfonamides is 1. The minimum absolute atomic E-state index is 0.0556. The molecule has 0 fully saturated rings.